The second-order valence-corrected chi connectivity index (χ2v) is 7.35. The van der Waals surface area contributed by atoms with Crippen molar-refractivity contribution in [3.63, 3.8) is 0 Å². The zero-order valence-electron chi connectivity index (χ0n) is 15.1. The Labute approximate surface area is 169 Å². The van der Waals surface area contributed by atoms with Gasteiger partial charge in [0.1, 0.15) is 17.4 Å². The summed E-state index contributed by atoms with van der Waals surface area (Å²) < 4.78 is 5.43. The number of anilines is 1. The van der Waals surface area contributed by atoms with E-state index < -0.39 is 5.91 Å². The van der Waals surface area contributed by atoms with Crippen LogP contribution in [0.4, 0.5) is 5.13 Å². The van der Waals surface area contributed by atoms with Crippen molar-refractivity contribution in [2.24, 2.45) is 0 Å². The number of para-hydroxylation sites is 1. The summed E-state index contributed by atoms with van der Waals surface area (Å²) in [6.45, 7) is 0. The van der Waals surface area contributed by atoms with Crippen LogP contribution in [0.3, 0.4) is 0 Å². The normalized spacial score (nSPS) is 11.0. The van der Waals surface area contributed by atoms with Crippen LogP contribution in [-0.4, -0.2) is 10.9 Å². The Morgan fingerprint density at radius 2 is 1.69 bits per heavy atom. The molecular formula is C23H14N2O3S. The van der Waals surface area contributed by atoms with E-state index in [4.69, 9.17) is 4.42 Å². The number of carbonyl (C=O) groups excluding carboxylic acids is 1. The molecule has 5 aromatic rings. The fourth-order valence-electron chi connectivity index (χ4n) is 3.30. The number of nitrogens with zero attached hydrogens (tertiary/aromatic N) is 1. The number of nitrogens with one attached hydrogen (secondary N) is 1. The van der Waals surface area contributed by atoms with E-state index in [1.807, 2.05) is 47.8 Å². The molecule has 0 unspecified atom stereocenters. The lowest BCUT2D eigenvalue weighted by atomic mass is 10.0. The van der Waals surface area contributed by atoms with Crippen molar-refractivity contribution in [3.8, 4) is 11.3 Å². The van der Waals surface area contributed by atoms with Gasteiger partial charge in [-0.1, -0.05) is 54.6 Å². The number of fused-ring (bicyclic) bond motifs is 2. The van der Waals surface area contributed by atoms with Gasteiger partial charge < -0.3 is 4.42 Å². The van der Waals surface area contributed by atoms with Crippen LogP contribution in [0, 0.1) is 0 Å². The number of aromatic nitrogens is 1. The molecule has 0 aliphatic rings. The van der Waals surface area contributed by atoms with Crippen molar-refractivity contribution in [2.75, 3.05) is 5.32 Å². The van der Waals surface area contributed by atoms with E-state index in [0.29, 0.717) is 16.1 Å². The molecule has 0 saturated carbocycles. The monoisotopic (exact) mass is 398 g/mol. The third-order valence-corrected chi connectivity index (χ3v) is 5.47. The van der Waals surface area contributed by atoms with Crippen molar-refractivity contribution in [1.29, 1.82) is 0 Å². The second-order valence-electron chi connectivity index (χ2n) is 6.49. The Hall–Kier alpha value is -3.77. The largest absolute Gasteiger partial charge is 0.463 e. The van der Waals surface area contributed by atoms with E-state index in [-0.39, 0.29) is 11.0 Å². The molecule has 29 heavy (non-hydrogen) atoms. The Morgan fingerprint density at radius 3 is 2.59 bits per heavy atom. The van der Waals surface area contributed by atoms with Gasteiger partial charge in [-0.25, -0.2) is 4.98 Å². The Bertz CT molecular complexity index is 1430. The van der Waals surface area contributed by atoms with E-state index in [1.165, 1.54) is 17.6 Å². The minimum Gasteiger partial charge on any atom is -0.463 e. The first-order valence-corrected chi connectivity index (χ1v) is 9.84. The van der Waals surface area contributed by atoms with E-state index in [1.54, 1.807) is 24.3 Å². The highest BCUT2D eigenvalue weighted by atomic mass is 32.1. The van der Waals surface area contributed by atoms with Crippen LogP contribution in [0.15, 0.2) is 87.6 Å². The van der Waals surface area contributed by atoms with Gasteiger partial charge in [0, 0.05) is 10.9 Å². The molecule has 5 rings (SSSR count). The Balaban J connectivity index is 1.47. The summed E-state index contributed by atoms with van der Waals surface area (Å²) in [5, 5.41) is 7.61. The highest BCUT2D eigenvalue weighted by molar-refractivity contribution is 7.14. The van der Waals surface area contributed by atoms with Crippen molar-refractivity contribution in [3.05, 3.63) is 94.2 Å². The van der Waals surface area contributed by atoms with E-state index >= 15 is 0 Å². The zero-order valence-corrected chi connectivity index (χ0v) is 15.9. The molecule has 2 heterocycles. The highest BCUT2D eigenvalue weighted by Gasteiger charge is 2.16. The van der Waals surface area contributed by atoms with Gasteiger partial charge >= 0.3 is 0 Å². The van der Waals surface area contributed by atoms with Crippen LogP contribution in [-0.2, 0) is 0 Å². The predicted octanol–water partition coefficient (Wildman–Crippen LogP) is 5.32. The molecule has 0 bridgehead atoms. The van der Waals surface area contributed by atoms with Crippen LogP contribution in [0.5, 0.6) is 0 Å². The molecule has 0 saturated heterocycles. The summed E-state index contributed by atoms with van der Waals surface area (Å²) in [5.74, 6) is -0.539. The van der Waals surface area contributed by atoms with Gasteiger partial charge in [-0.15, -0.1) is 11.3 Å². The molecule has 1 amide bonds. The number of thiazole rings is 1. The summed E-state index contributed by atoms with van der Waals surface area (Å²) in [6, 6.07) is 20.9. The highest BCUT2D eigenvalue weighted by Crippen LogP contribution is 2.31. The summed E-state index contributed by atoms with van der Waals surface area (Å²) >= 11 is 1.31. The summed E-state index contributed by atoms with van der Waals surface area (Å²) in [5.41, 5.74) is 1.79. The van der Waals surface area contributed by atoms with Gasteiger partial charge in [0.25, 0.3) is 5.91 Å². The topological polar surface area (TPSA) is 72.2 Å². The fourth-order valence-corrected chi connectivity index (χ4v) is 4.01. The standard InChI is InChI=1S/C23H14N2O3S/c26-21-17-9-3-4-11-20(17)28-12-18(21)22(27)25-23-24-19(13-29-23)16-10-5-7-14-6-1-2-8-15(14)16/h1-13H,(H,24,25,27). The van der Waals surface area contributed by atoms with Gasteiger partial charge in [0.2, 0.25) is 5.43 Å². The summed E-state index contributed by atoms with van der Waals surface area (Å²) in [4.78, 5) is 29.8. The SMILES string of the molecule is O=C(Nc1nc(-c2cccc3ccccc23)cs1)c1coc2ccccc2c1=O. The van der Waals surface area contributed by atoms with Crippen LogP contribution in [0.25, 0.3) is 33.0 Å². The summed E-state index contributed by atoms with van der Waals surface area (Å²) in [7, 11) is 0. The first kappa shape index (κ1) is 17.3. The van der Waals surface area contributed by atoms with E-state index in [9.17, 15) is 9.59 Å². The molecule has 2 aromatic heterocycles. The first-order valence-electron chi connectivity index (χ1n) is 8.96. The lowest BCUT2D eigenvalue weighted by molar-refractivity contribution is 0.102. The van der Waals surface area contributed by atoms with Crippen molar-refractivity contribution >= 4 is 44.1 Å². The minimum atomic E-state index is -0.539. The van der Waals surface area contributed by atoms with Gasteiger partial charge in [0.15, 0.2) is 5.13 Å². The molecular weight excluding hydrogens is 384 g/mol. The quantitative estimate of drug-likeness (QED) is 0.446. The molecule has 3 aromatic carbocycles. The van der Waals surface area contributed by atoms with Gasteiger partial charge in [0.05, 0.1) is 11.1 Å². The molecule has 0 spiro atoms. The number of hydrogen-bond donors (Lipinski definition) is 1. The number of hydrogen-bond acceptors (Lipinski definition) is 5. The molecule has 0 atom stereocenters. The lowest BCUT2D eigenvalue weighted by Gasteiger charge is -2.04. The second kappa shape index (κ2) is 7.00. The van der Waals surface area contributed by atoms with Gasteiger partial charge in [-0.05, 0) is 22.9 Å². The number of carbonyl (C=O) groups is 1. The van der Waals surface area contributed by atoms with Crippen molar-refractivity contribution in [1.82, 2.24) is 4.98 Å². The zero-order chi connectivity index (χ0) is 19.8. The molecule has 140 valence electrons. The van der Waals surface area contributed by atoms with Crippen LogP contribution in [0.1, 0.15) is 10.4 Å². The average molecular weight is 398 g/mol. The average Bonchev–Trinajstić information content (AvgIpc) is 3.22. The van der Waals surface area contributed by atoms with Gasteiger partial charge in [-0.3, -0.25) is 14.9 Å². The molecule has 0 aliphatic carbocycles. The Kier molecular flexibility index (Phi) is 4.18. The van der Waals surface area contributed by atoms with E-state index in [0.717, 1.165) is 22.0 Å². The van der Waals surface area contributed by atoms with Crippen LogP contribution < -0.4 is 10.7 Å². The maximum absolute atomic E-state index is 12.6. The predicted molar refractivity (Wildman–Crippen MR) is 115 cm³/mol. The molecule has 0 radical (unpaired) electrons. The third kappa shape index (κ3) is 3.09. The maximum Gasteiger partial charge on any atom is 0.264 e. The van der Waals surface area contributed by atoms with Crippen LogP contribution >= 0.6 is 11.3 Å². The van der Waals surface area contributed by atoms with Crippen molar-refractivity contribution in [2.45, 2.75) is 0 Å². The molecule has 0 aliphatic heterocycles. The Morgan fingerprint density at radius 1 is 0.931 bits per heavy atom. The van der Waals surface area contributed by atoms with Crippen molar-refractivity contribution < 1.29 is 9.21 Å². The molecule has 0 fully saturated rings. The minimum absolute atomic E-state index is 0.0504. The van der Waals surface area contributed by atoms with E-state index in [2.05, 4.69) is 10.3 Å². The lowest BCUT2D eigenvalue weighted by Crippen LogP contribution is -2.21. The summed E-state index contributed by atoms with van der Waals surface area (Å²) in [6.07, 6.45) is 1.19. The molecule has 5 nitrogen and oxygen atoms in total. The molecule has 6 heteroatoms. The fraction of sp³-hybridized carbons (Fsp3) is 0. The third-order valence-electron chi connectivity index (χ3n) is 4.71. The number of amides is 1. The maximum atomic E-state index is 12.6. The van der Waals surface area contributed by atoms with Crippen LogP contribution in [0.2, 0.25) is 0 Å². The smallest absolute Gasteiger partial charge is 0.264 e. The number of benzene rings is 3. The molecule has 1 N–H and O–H groups in total. The van der Waals surface area contributed by atoms with Gasteiger partial charge in [-0.2, -0.15) is 0 Å². The number of rotatable bonds is 3. The first-order chi connectivity index (χ1) is 14.2.